The third kappa shape index (κ3) is 4.88. The van der Waals surface area contributed by atoms with E-state index in [1.807, 2.05) is 36.4 Å². The Labute approximate surface area is 164 Å². The first-order valence-electron chi connectivity index (χ1n) is 9.18. The summed E-state index contributed by atoms with van der Waals surface area (Å²) in [7, 11) is 1.69. The molecule has 0 atom stereocenters. The number of carbonyl (C=O) groups excluding carboxylic acids is 1. The summed E-state index contributed by atoms with van der Waals surface area (Å²) >= 11 is 0. The summed E-state index contributed by atoms with van der Waals surface area (Å²) in [4.78, 5) is 25.2. The number of aliphatic carboxylic acids is 1. The lowest BCUT2D eigenvalue weighted by molar-refractivity contribution is -0.139. The summed E-state index contributed by atoms with van der Waals surface area (Å²) in [5, 5.41) is 9.18. The predicted octanol–water partition coefficient (Wildman–Crippen LogP) is 3.94. The number of hydrogen-bond acceptors (Lipinski definition) is 4. The van der Waals surface area contributed by atoms with Crippen molar-refractivity contribution in [2.75, 3.05) is 13.7 Å². The zero-order valence-electron chi connectivity index (χ0n) is 15.7. The van der Waals surface area contributed by atoms with Gasteiger partial charge < -0.3 is 14.7 Å². The summed E-state index contributed by atoms with van der Waals surface area (Å²) in [6.07, 6.45) is 3.82. The van der Waals surface area contributed by atoms with E-state index < -0.39 is 11.9 Å². The third-order valence-electron chi connectivity index (χ3n) is 4.68. The highest BCUT2D eigenvalue weighted by Crippen LogP contribution is 2.28. The van der Waals surface area contributed by atoms with Gasteiger partial charge in [0, 0.05) is 31.8 Å². The average Bonchev–Trinajstić information content (AvgIpc) is 2.72. The molecule has 28 heavy (non-hydrogen) atoms. The fraction of sp³-hybridized carbons (Fsp3) is 0.217. The Morgan fingerprint density at radius 2 is 1.50 bits per heavy atom. The molecule has 1 aliphatic rings. The second-order valence-corrected chi connectivity index (χ2v) is 6.75. The van der Waals surface area contributed by atoms with Crippen LogP contribution in [0.5, 0.6) is 0 Å². The number of hydrogen-bond donors (Lipinski definition) is 1. The summed E-state index contributed by atoms with van der Waals surface area (Å²) in [6.45, 7) is 0.250. The molecule has 0 unspecified atom stereocenters. The Morgan fingerprint density at radius 3 is 2.04 bits per heavy atom. The lowest BCUT2D eigenvalue weighted by atomic mass is 9.89. The van der Waals surface area contributed by atoms with Crippen LogP contribution in [0.2, 0.25) is 0 Å². The van der Waals surface area contributed by atoms with Crippen molar-refractivity contribution in [3.05, 3.63) is 95.3 Å². The minimum absolute atomic E-state index is 0.0688. The summed E-state index contributed by atoms with van der Waals surface area (Å²) in [5.74, 6) is -1.38. The number of benzene rings is 2. The van der Waals surface area contributed by atoms with Gasteiger partial charge in [-0.15, -0.1) is 0 Å². The van der Waals surface area contributed by atoms with Crippen LogP contribution in [0, 0.1) is 0 Å². The van der Waals surface area contributed by atoms with Crippen molar-refractivity contribution in [2.24, 2.45) is 0 Å². The molecule has 0 fully saturated rings. The molecular formula is C23H23NO4. The molecule has 0 amide bonds. The van der Waals surface area contributed by atoms with E-state index in [9.17, 15) is 14.7 Å². The SMILES string of the molecule is CN1C=C(C(=O)O)CC(C(=O)OCCC(c2ccccc2)c2ccccc2)=C1. The normalized spacial score (nSPS) is 13.7. The molecule has 0 saturated carbocycles. The van der Waals surface area contributed by atoms with Crippen LogP contribution < -0.4 is 0 Å². The van der Waals surface area contributed by atoms with Crippen molar-refractivity contribution in [3.63, 3.8) is 0 Å². The number of carbonyl (C=O) groups is 2. The molecule has 144 valence electrons. The van der Waals surface area contributed by atoms with E-state index >= 15 is 0 Å². The topological polar surface area (TPSA) is 66.8 Å². The van der Waals surface area contributed by atoms with E-state index in [0.717, 1.165) is 11.1 Å². The maximum absolute atomic E-state index is 12.4. The lowest BCUT2D eigenvalue weighted by Gasteiger charge is -2.20. The van der Waals surface area contributed by atoms with Gasteiger partial charge in [-0.3, -0.25) is 0 Å². The van der Waals surface area contributed by atoms with Crippen LogP contribution in [0.25, 0.3) is 0 Å². The number of esters is 1. The first kappa shape index (κ1) is 19.4. The van der Waals surface area contributed by atoms with E-state index in [1.165, 1.54) is 6.20 Å². The van der Waals surface area contributed by atoms with Gasteiger partial charge >= 0.3 is 11.9 Å². The van der Waals surface area contributed by atoms with Crippen LogP contribution in [-0.4, -0.2) is 35.6 Å². The van der Waals surface area contributed by atoms with E-state index in [0.29, 0.717) is 12.0 Å². The Kier molecular flexibility index (Phi) is 6.27. The van der Waals surface area contributed by atoms with Gasteiger partial charge in [-0.2, -0.15) is 0 Å². The smallest absolute Gasteiger partial charge is 0.335 e. The van der Waals surface area contributed by atoms with Crippen LogP contribution in [0.1, 0.15) is 29.9 Å². The van der Waals surface area contributed by atoms with Crippen LogP contribution in [0.3, 0.4) is 0 Å². The Balaban J connectivity index is 1.65. The molecule has 5 heteroatoms. The molecular weight excluding hydrogens is 354 g/mol. The summed E-state index contributed by atoms with van der Waals surface area (Å²) < 4.78 is 5.48. The standard InChI is InChI=1S/C23H23NO4/c1-24-15-19(22(25)26)14-20(16-24)23(27)28-13-12-21(17-8-4-2-5-9-17)18-10-6-3-7-11-18/h2-11,15-16,21H,12-14H2,1H3,(H,25,26). The molecule has 0 spiro atoms. The highest BCUT2D eigenvalue weighted by molar-refractivity contribution is 5.94. The summed E-state index contributed by atoms with van der Waals surface area (Å²) in [5.41, 5.74) is 2.84. The Morgan fingerprint density at radius 1 is 0.964 bits per heavy atom. The van der Waals surface area contributed by atoms with Gasteiger partial charge in [0.25, 0.3) is 0 Å². The molecule has 2 aromatic carbocycles. The number of carboxylic acid groups (broad SMARTS) is 1. The first-order valence-corrected chi connectivity index (χ1v) is 9.18. The minimum atomic E-state index is -1.03. The van der Waals surface area contributed by atoms with Crippen molar-refractivity contribution in [1.82, 2.24) is 4.90 Å². The molecule has 0 bridgehead atoms. The van der Waals surface area contributed by atoms with Crippen LogP contribution >= 0.6 is 0 Å². The van der Waals surface area contributed by atoms with Crippen LogP contribution in [0.4, 0.5) is 0 Å². The molecule has 0 aliphatic carbocycles. The van der Waals surface area contributed by atoms with Crippen molar-refractivity contribution >= 4 is 11.9 Å². The van der Waals surface area contributed by atoms with Crippen molar-refractivity contribution in [3.8, 4) is 0 Å². The van der Waals surface area contributed by atoms with Gasteiger partial charge in [-0.05, 0) is 17.5 Å². The first-order chi connectivity index (χ1) is 13.5. The molecule has 1 aliphatic heterocycles. The van der Waals surface area contributed by atoms with Crippen LogP contribution in [-0.2, 0) is 14.3 Å². The van der Waals surface area contributed by atoms with Crippen LogP contribution in [0.15, 0.2) is 84.2 Å². The molecule has 0 aromatic heterocycles. The quantitative estimate of drug-likeness (QED) is 0.741. The van der Waals surface area contributed by atoms with Crippen molar-refractivity contribution < 1.29 is 19.4 Å². The average molecular weight is 377 g/mol. The largest absolute Gasteiger partial charge is 0.478 e. The number of nitrogens with zero attached hydrogens (tertiary/aromatic N) is 1. The predicted molar refractivity (Wildman–Crippen MR) is 106 cm³/mol. The summed E-state index contributed by atoms with van der Waals surface area (Å²) in [6, 6.07) is 20.2. The zero-order chi connectivity index (χ0) is 19.9. The Bertz CT molecular complexity index is 848. The van der Waals surface area contributed by atoms with E-state index in [2.05, 4.69) is 24.3 Å². The van der Waals surface area contributed by atoms with Gasteiger partial charge in [0.05, 0.1) is 17.8 Å². The number of rotatable bonds is 7. The van der Waals surface area contributed by atoms with Gasteiger partial charge in [-0.25, -0.2) is 9.59 Å². The fourth-order valence-corrected chi connectivity index (χ4v) is 3.34. The highest BCUT2D eigenvalue weighted by atomic mass is 16.5. The minimum Gasteiger partial charge on any atom is -0.478 e. The number of carboxylic acids is 1. The van der Waals surface area contributed by atoms with Crippen molar-refractivity contribution in [1.29, 1.82) is 0 Å². The molecule has 1 N–H and O–H groups in total. The van der Waals surface area contributed by atoms with E-state index in [-0.39, 0.29) is 24.5 Å². The molecule has 0 radical (unpaired) electrons. The second kappa shape index (κ2) is 9.04. The highest BCUT2D eigenvalue weighted by Gasteiger charge is 2.22. The maximum Gasteiger partial charge on any atom is 0.335 e. The van der Waals surface area contributed by atoms with E-state index in [4.69, 9.17) is 4.74 Å². The monoisotopic (exact) mass is 377 g/mol. The van der Waals surface area contributed by atoms with Crippen molar-refractivity contribution in [2.45, 2.75) is 18.8 Å². The third-order valence-corrected chi connectivity index (χ3v) is 4.68. The molecule has 0 saturated heterocycles. The van der Waals surface area contributed by atoms with Gasteiger partial charge in [0.2, 0.25) is 0 Å². The number of ether oxygens (including phenoxy) is 1. The molecule has 2 aromatic rings. The maximum atomic E-state index is 12.4. The van der Waals surface area contributed by atoms with E-state index in [1.54, 1.807) is 18.1 Å². The van der Waals surface area contributed by atoms with Gasteiger partial charge in [-0.1, -0.05) is 60.7 Å². The van der Waals surface area contributed by atoms with Gasteiger partial charge in [0.15, 0.2) is 0 Å². The zero-order valence-corrected chi connectivity index (χ0v) is 15.7. The Hall–Kier alpha value is -3.34. The van der Waals surface area contributed by atoms with Gasteiger partial charge in [0.1, 0.15) is 0 Å². The fourth-order valence-electron chi connectivity index (χ4n) is 3.34. The molecule has 5 nitrogen and oxygen atoms in total. The lowest BCUT2D eigenvalue weighted by Crippen LogP contribution is -2.20. The second-order valence-electron chi connectivity index (χ2n) is 6.75. The molecule has 1 heterocycles. The molecule has 3 rings (SSSR count).